The molecule has 1 aromatic heterocycles. The first kappa shape index (κ1) is 15.2. The third-order valence-corrected chi connectivity index (χ3v) is 2.80. The summed E-state index contributed by atoms with van der Waals surface area (Å²) in [5, 5.41) is 11.5. The van der Waals surface area contributed by atoms with Crippen LogP contribution in [0, 0.1) is 0 Å². The zero-order valence-electron chi connectivity index (χ0n) is 11.2. The molecule has 0 aliphatic heterocycles. The maximum absolute atomic E-state index is 11.8. The molecule has 0 saturated heterocycles. The number of aromatic carboxylic acids is 1. The molecular weight excluding hydrogens is 248 g/mol. The molecule has 1 unspecified atom stereocenters. The predicted octanol–water partition coefficient (Wildman–Crippen LogP) is 0.215. The van der Waals surface area contributed by atoms with Gasteiger partial charge >= 0.3 is 5.97 Å². The SMILES string of the molecule is CCCC(C)(N)C(=O)NCCn1cnc(C(=O)O)c1. The number of carboxylic acid groups (broad SMARTS) is 1. The van der Waals surface area contributed by atoms with Gasteiger partial charge < -0.3 is 20.7 Å². The number of aromatic nitrogens is 2. The minimum atomic E-state index is -1.07. The number of amides is 1. The highest BCUT2D eigenvalue weighted by Gasteiger charge is 2.26. The van der Waals surface area contributed by atoms with Gasteiger partial charge in [0.15, 0.2) is 5.69 Å². The lowest BCUT2D eigenvalue weighted by molar-refractivity contribution is -0.126. The lowest BCUT2D eigenvalue weighted by Crippen LogP contribution is -2.52. The standard InChI is InChI=1S/C12H20N4O3/c1-3-4-12(2,13)11(19)14-5-6-16-7-9(10(17)18)15-8-16/h7-8H,3-6,13H2,1-2H3,(H,14,19)(H,17,18). The van der Waals surface area contributed by atoms with Crippen LogP contribution in [0.5, 0.6) is 0 Å². The molecule has 1 amide bonds. The molecule has 0 radical (unpaired) electrons. The van der Waals surface area contributed by atoms with Crippen LogP contribution in [0.4, 0.5) is 0 Å². The van der Waals surface area contributed by atoms with E-state index in [2.05, 4.69) is 10.3 Å². The van der Waals surface area contributed by atoms with Gasteiger partial charge in [-0.05, 0) is 13.3 Å². The van der Waals surface area contributed by atoms with Crippen LogP contribution < -0.4 is 11.1 Å². The molecule has 0 spiro atoms. The van der Waals surface area contributed by atoms with Gasteiger partial charge in [0.25, 0.3) is 0 Å². The molecule has 4 N–H and O–H groups in total. The van der Waals surface area contributed by atoms with Crippen molar-refractivity contribution in [1.82, 2.24) is 14.9 Å². The highest BCUT2D eigenvalue weighted by atomic mass is 16.4. The lowest BCUT2D eigenvalue weighted by Gasteiger charge is -2.22. The second-order valence-corrected chi connectivity index (χ2v) is 4.73. The Kier molecular flexibility index (Phi) is 5.05. The van der Waals surface area contributed by atoms with Crippen LogP contribution in [0.3, 0.4) is 0 Å². The number of nitrogens with zero attached hydrogens (tertiary/aromatic N) is 2. The smallest absolute Gasteiger partial charge is 0.356 e. The van der Waals surface area contributed by atoms with E-state index < -0.39 is 11.5 Å². The van der Waals surface area contributed by atoms with Crippen molar-refractivity contribution in [2.45, 2.75) is 38.8 Å². The Morgan fingerprint density at radius 2 is 2.26 bits per heavy atom. The monoisotopic (exact) mass is 268 g/mol. The summed E-state index contributed by atoms with van der Waals surface area (Å²) in [6.07, 6.45) is 4.29. The molecule has 1 atom stereocenters. The molecule has 7 heteroatoms. The van der Waals surface area contributed by atoms with Gasteiger partial charge in [-0.1, -0.05) is 13.3 Å². The first-order chi connectivity index (χ1) is 8.86. The lowest BCUT2D eigenvalue weighted by atomic mass is 9.97. The number of rotatable bonds is 7. The van der Waals surface area contributed by atoms with Crippen molar-refractivity contribution in [2.75, 3.05) is 6.54 Å². The molecule has 0 saturated carbocycles. The van der Waals surface area contributed by atoms with E-state index in [-0.39, 0.29) is 11.6 Å². The van der Waals surface area contributed by atoms with Gasteiger partial charge in [0, 0.05) is 19.3 Å². The molecule has 19 heavy (non-hydrogen) atoms. The van der Waals surface area contributed by atoms with Crippen LogP contribution in [0.1, 0.15) is 37.2 Å². The number of imidazole rings is 1. The van der Waals surface area contributed by atoms with E-state index in [9.17, 15) is 9.59 Å². The van der Waals surface area contributed by atoms with Crippen molar-refractivity contribution in [1.29, 1.82) is 0 Å². The van der Waals surface area contributed by atoms with Crippen LogP contribution in [-0.2, 0) is 11.3 Å². The summed E-state index contributed by atoms with van der Waals surface area (Å²) in [6.45, 7) is 4.50. The Labute approximate surface area is 111 Å². The third-order valence-electron chi connectivity index (χ3n) is 2.80. The van der Waals surface area contributed by atoms with Crippen molar-refractivity contribution in [3.05, 3.63) is 18.2 Å². The number of carbonyl (C=O) groups is 2. The zero-order valence-corrected chi connectivity index (χ0v) is 11.2. The number of nitrogens with one attached hydrogen (secondary N) is 1. The fourth-order valence-corrected chi connectivity index (χ4v) is 1.73. The quantitative estimate of drug-likeness (QED) is 0.655. The summed E-state index contributed by atoms with van der Waals surface area (Å²) >= 11 is 0. The molecule has 1 heterocycles. The Bertz CT molecular complexity index is 454. The maximum Gasteiger partial charge on any atom is 0.356 e. The molecule has 0 bridgehead atoms. The Morgan fingerprint density at radius 3 is 2.79 bits per heavy atom. The summed E-state index contributed by atoms with van der Waals surface area (Å²) in [5.41, 5.74) is 5.01. The van der Waals surface area contributed by atoms with Crippen LogP contribution in [0.25, 0.3) is 0 Å². The number of nitrogens with two attached hydrogens (primary N) is 1. The Hall–Kier alpha value is -1.89. The summed E-state index contributed by atoms with van der Waals surface area (Å²) in [6, 6.07) is 0. The molecular formula is C12H20N4O3. The van der Waals surface area contributed by atoms with E-state index in [1.165, 1.54) is 12.5 Å². The number of carbonyl (C=O) groups excluding carboxylic acids is 1. The van der Waals surface area contributed by atoms with Gasteiger partial charge in [-0.15, -0.1) is 0 Å². The first-order valence-electron chi connectivity index (χ1n) is 6.19. The molecule has 1 aromatic rings. The maximum atomic E-state index is 11.8. The largest absolute Gasteiger partial charge is 0.476 e. The molecule has 0 aliphatic rings. The normalized spacial score (nSPS) is 13.8. The van der Waals surface area contributed by atoms with Gasteiger partial charge in [0.05, 0.1) is 11.9 Å². The van der Waals surface area contributed by atoms with Crippen LogP contribution in [0.15, 0.2) is 12.5 Å². The van der Waals surface area contributed by atoms with Crippen molar-refractivity contribution in [3.8, 4) is 0 Å². The van der Waals surface area contributed by atoms with E-state index in [4.69, 9.17) is 10.8 Å². The molecule has 0 aliphatic carbocycles. The average Bonchev–Trinajstić information content (AvgIpc) is 2.77. The van der Waals surface area contributed by atoms with E-state index in [0.717, 1.165) is 6.42 Å². The molecule has 1 rings (SSSR count). The van der Waals surface area contributed by atoms with E-state index >= 15 is 0 Å². The zero-order chi connectivity index (χ0) is 14.5. The average molecular weight is 268 g/mol. The van der Waals surface area contributed by atoms with E-state index in [1.54, 1.807) is 11.5 Å². The minimum Gasteiger partial charge on any atom is -0.476 e. The highest BCUT2D eigenvalue weighted by molar-refractivity contribution is 5.85. The Balaban J connectivity index is 2.41. The number of hydrogen-bond acceptors (Lipinski definition) is 4. The van der Waals surface area contributed by atoms with Gasteiger partial charge in [-0.2, -0.15) is 0 Å². The highest BCUT2D eigenvalue weighted by Crippen LogP contribution is 2.08. The first-order valence-corrected chi connectivity index (χ1v) is 6.19. The molecule has 7 nitrogen and oxygen atoms in total. The fraction of sp³-hybridized carbons (Fsp3) is 0.583. The van der Waals surface area contributed by atoms with Crippen molar-refractivity contribution >= 4 is 11.9 Å². The minimum absolute atomic E-state index is 0.0130. The van der Waals surface area contributed by atoms with Crippen molar-refractivity contribution in [3.63, 3.8) is 0 Å². The van der Waals surface area contributed by atoms with Gasteiger partial charge in [-0.3, -0.25) is 4.79 Å². The van der Waals surface area contributed by atoms with Crippen molar-refractivity contribution in [2.24, 2.45) is 5.73 Å². The molecule has 0 fully saturated rings. The number of carboxylic acids is 1. The second-order valence-electron chi connectivity index (χ2n) is 4.73. The van der Waals surface area contributed by atoms with Gasteiger partial charge in [-0.25, -0.2) is 9.78 Å². The van der Waals surface area contributed by atoms with Gasteiger partial charge in [0.1, 0.15) is 0 Å². The van der Waals surface area contributed by atoms with E-state index in [0.29, 0.717) is 19.5 Å². The Morgan fingerprint density at radius 1 is 1.58 bits per heavy atom. The van der Waals surface area contributed by atoms with Gasteiger partial charge in [0.2, 0.25) is 5.91 Å². The van der Waals surface area contributed by atoms with Crippen LogP contribution >= 0.6 is 0 Å². The van der Waals surface area contributed by atoms with Crippen LogP contribution in [-0.4, -0.2) is 38.6 Å². The van der Waals surface area contributed by atoms with E-state index in [1.807, 2.05) is 6.92 Å². The predicted molar refractivity (Wildman–Crippen MR) is 69.7 cm³/mol. The topological polar surface area (TPSA) is 110 Å². The van der Waals surface area contributed by atoms with Crippen LogP contribution in [0.2, 0.25) is 0 Å². The summed E-state index contributed by atoms with van der Waals surface area (Å²) in [5.74, 6) is -1.27. The molecule has 106 valence electrons. The fourth-order valence-electron chi connectivity index (χ4n) is 1.73. The second kappa shape index (κ2) is 6.33. The molecule has 0 aromatic carbocycles. The summed E-state index contributed by atoms with van der Waals surface area (Å²) < 4.78 is 1.61. The summed E-state index contributed by atoms with van der Waals surface area (Å²) in [4.78, 5) is 26.2. The summed E-state index contributed by atoms with van der Waals surface area (Å²) in [7, 11) is 0. The number of hydrogen-bond donors (Lipinski definition) is 3. The van der Waals surface area contributed by atoms with Crippen molar-refractivity contribution < 1.29 is 14.7 Å². The third kappa shape index (κ3) is 4.36.